The molecule has 0 aliphatic rings. The van der Waals surface area contributed by atoms with Crippen molar-refractivity contribution in [3.05, 3.63) is 40.0 Å². The second-order valence-electron chi connectivity index (χ2n) is 3.21. The van der Waals surface area contributed by atoms with Crippen LogP contribution in [0.1, 0.15) is 16.2 Å². The van der Waals surface area contributed by atoms with Crippen molar-refractivity contribution in [2.75, 3.05) is 0 Å². The van der Waals surface area contributed by atoms with E-state index < -0.39 is 5.97 Å². The van der Waals surface area contributed by atoms with Crippen molar-refractivity contribution < 1.29 is 19.2 Å². The second kappa shape index (κ2) is 5.24. The Balaban J connectivity index is 2.28. The molecule has 0 atom stereocenters. The number of carbonyl (C=O) groups is 1. The van der Waals surface area contributed by atoms with E-state index >= 15 is 0 Å². The number of carboxylic acids is 1. The minimum atomic E-state index is -1.19. The number of halogens is 2. The Morgan fingerprint density at radius 3 is 2.83 bits per heavy atom. The zero-order valence-electron chi connectivity index (χ0n) is 8.76. The Kier molecular flexibility index (Phi) is 3.69. The van der Waals surface area contributed by atoms with Crippen LogP contribution >= 0.6 is 23.2 Å². The summed E-state index contributed by atoms with van der Waals surface area (Å²) in [6.45, 7) is -0.0574. The lowest BCUT2D eigenvalue weighted by molar-refractivity contribution is 0.0691. The van der Waals surface area contributed by atoms with E-state index in [0.29, 0.717) is 0 Å². The highest BCUT2D eigenvalue weighted by Gasteiger charge is 2.17. The summed E-state index contributed by atoms with van der Waals surface area (Å²) in [6, 6.07) is 2.64. The van der Waals surface area contributed by atoms with Gasteiger partial charge in [-0.05, 0) is 12.1 Å². The lowest BCUT2D eigenvalue weighted by Crippen LogP contribution is -2.05. The standard InChI is InChI=1S/C10H6Cl2N2O4/c11-5-1-6(10(15)16)9(7(12)2-5)17-3-8-13-4-18-14-8/h1-2,4H,3H2,(H,15,16). The van der Waals surface area contributed by atoms with Gasteiger partial charge in [-0.15, -0.1) is 0 Å². The van der Waals surface area contributed by atoms with E-state index in [4.69, 9.17) is 33.0 Å². The maximum absolute atomic E-state index is 11.0. The van der Waals surface area contributed by atoms with Crippen LogP contribution in [0, 0.1) is 0 Å². The Bertz CT molecular complexity index is 572. The molecule has 0 bridgehead atoms. The minimum Gasteiger partial charge on any atom is -0.483 e. The molecule has 0 saturated heterocycles. The van der Waals surface area contributed by atoms with Gasteiger partial charge in [0.05, 0.1) is 5.02 Å². The average molecular weight is 289 g/mol. The topological polar surface area (TPSA) is 85.5 Å². The van der Waals surface area contributed by atoms with Crippen LogP contribution in [0.15, 0.2) is 23.0 Å². The van der Waals surface area contributed by atoms with Gasteiger partial charge in [0.2, 0.25) is 12.2 Å². The summed E-state index contributed by atoms with van der Waals surface area (Å²) in [5.41, 5.74) is -0.129. The highest BCUT2D eigenvalue weighted by Crippen LogP contribution is 2.32. The number of aromatic nitrogens is 2. The van der Waals surface area contributed by atoms with Gasteiger partial charge < -0.3 is 14.4 Å². The van der Waals surface area contributed by atoms with Crippen LogP contribution in [0.25, 0.3) is 0 Å². The molecule has 0 unspecified atom stereocenters. The molecule has 1 aromatic carbocycles. The van der Waals surface area contributed by atoms with Gasteiger partial charge in [0.15, 0.2) is 12.4 Å². The molecule has 1 aromatic heterocycles. The Morgan fingerprint density at radius 2 is 2.22 bits per heavy atom. The number of carboxylic acid groups (broad SMARTS) is 1. The Labute approximate surface area is 111 Å². The maximum Gasteiger partial charge on any atom is 0.339 e. The number of benzene rings is 1. The van der Waals surface area contributed by atoms with Crippen LogP contribution in [0.2, 0.25) is 10.0 Å². The molecule has 0 radical (unpaired) electrons. The molecule has 0 saturated carbocycles. The third-order valence-corrected chi connectivity index (χ3v) is 2.49. The predicted octanol–water partition coefficient (Wildman–Crippen LogP) is 2.65. The lowest BCUT2D eigenvalue weighted by Gasteiger charge is -2.09. The molecule has 94 valence electrons. The summed E-state index contributed by atoms with van der Waals surface area (Å²) in [5.74, 6) is -0.904. The SMILES string of the molecule is O=C(O)c1cc(Cl)cc(Cl)c1OCc1ncon1. The average Bonchev–Trinajstić information content (AvgIpc) is 2.79. The second-order valence-corrected chi connectivity index (χ2v) is 4.05. The zero-order valence-corrected chi connectivity index (χ0v) is 10.3. The summed E-state index contributed by atoms with van der Waals surface area (Å²) in [6.07, 6.45) is 1.14. The van der Waals surface area contributed by atoms with E-state index in [9.17, 15) is 4.79 Å². The van der Waals surface area contributed by atoms with E-state index in [-0.39, 0.29) is 33.8 Å². The van der Waals surface area contributed by atoms with Crippen molar-refractivity contribution in [1.29, 1.82) is 0 Å². The van der Waals surface area contributed by atoms with E-state index in [0.717, 1.165) is 6.39 Å². The molecular weight excluding hydrogens is 283 g/mol. The third kappa shape index (κ3) is 2.72. The molecule has 6 nitrogen and oxygen atoms in total. The smallest absolute Gasteiger partial charge is 0.339 e. The van der Waals surface area contributed by atoms with Gasteiger partial charge in [-0.25, -0.2) is 4.79 Å². The van der Waals surface area contributed by atoms with Gasteiger partial charge in [0.1, 0.15) is 5.56 Å². The van der Waals surface area contributed by atoms with Gasteiger partial charge in [-0.3, -0.25) is 0 Å². The van der Waals surface area contributed by atoms with Crippen LogP contribution in [-0.4, -0.2) is 21.2 Å². The van der Waals surface area contributed by atoms with Crippen LogP contribution in [0.3, 0.4) is 0 Å². The molecule has 2 aromatic rings. The van der Waals surface area contributed by atoms with E-state index in [2.05, 4.69) is 14.7 Å². The summed E-state index contributed by atoms with van der Waals surface area (Å²) < 4.78 is 9.79. The fourth-order valence-electron chi connectivity index (χ4n) is 1.26. The Hall–Kier alpha value is -1.79. The fourth-order valence-corrected chi connectivity index (χ4v) is 1.81. The third-order valence-electron chi connectivity index (χ3n) is 1.99. The summed E-state index contributed by atoms with van der Waals surface area (Å²) in [7, 11) is 0. The first kappa shape index (κ1) is 12.7. The van der Waals surface area contributed by atoms with Crippen LogP contribution in [0.4, 0.5) is 0 Å². The largest absolute Gasteiger partial charge is 0.483 e. The van der Waals surface area contributed by atoms with Crippen molar-refractivity contribution >= 4 is 29.2 Å². The van der Waals surface area contributed by atoms with Gasteiger partial charge in [-0.2, -0.15) is 4.98 Å². The Morgan fingerprint density at radius 1 is 1.44 bits per heavy atom. The monoisotopic (exact) mass is 288 g/mol. The van der Waals surface area contributed by atoms with Gasteiger partial charge in [-0.1, -0.05) is 28.4 Å². The molecule has 0 aliphatic carbocycles. The molecule has 18 heavy (non-hydrogen) atoms. The molecule has 0 fully saturated rings. The molecule has 1 heterocycles. The quantitative estimate of drug-likeness (QED) is 0.931. The van der Waals surface area contributed by atoms with E-state index in [1.165, 1.54) is 12.1 Å². The summed E-state index contributed by atoms with van der Waals surface area (Å²) >= 11 is 11.6. The number of ether oxygens (including phenoxy) is 1. The molecule has 0 amide bonds. The molecule has 1 N–H and O–H groups in total. The first-order valence-electron chi connectivity index (χ1n) is 4.68. The zero-order chi connectivity index (χ0) is 13.1. The van der Waals surface area contributed by atoms with Gasteiger partial charge in [0.25, 0.3) is 0 Å². The number of hydrogen-bond acceptors (Lipinski definition) is 5. The summed E-state index contributed by atoms with van der Waals surface area (Å²) in [4.78, 5) is 14.8. The minimum absolute atomic E-state index is 0.0124. The molecule has 2 rings (SSSR count). The fraction of sp³-hybridized carbons (Fsp3) is 0.100. The highest BCUT2D eigenvalue weighted by atomic mass is 35.5. The molecular formula is C10H6Cl2N2O4. The van der Waals surface area contributed by atoms with Crippen LogP contribution in [-0.2, 0) is 6.61 Å². The number of nitrogens with zero attached hydrogens (tertiary/aromatic N) is 2. The predicted molar refractivity (Wildman–Crippen MR) is 62.1 cm³/mol. The molecule has 0 aliphatic heterocycles. The van der Waals surface area contributed by atoms with Gasteiger partial charge in [0, 0.05) is 5.02 Å². The normalized spacial score (nSPS) is 10.3. The number of hydrogen-bond donors (Lipinski definition) is 1. The number of rotatable bonds is 4. The van der Waals surface area contributed by atoms with Crippen molar-refractivity contribution in [1.82, 2.24) is 10.1 Å². The maximum atomic E-state index is 11.0. The van der Waals surface area contributed by atoms with Crippen molar-refractivity contribution in [3.8, 4) is 5.75 Å². The lowest BCUT2D eigenvalue weighted by atomic mass is 10.2. The van der Waals surface area contributed by atoms with E-state index in [1.54, 1.807) is 0 Å². The van der Waals surface area contributed by atoms with Crippen LogP contribution < -0.4 is 4.74 Å². The van der Waals surface area contributed by atoms with Crippen LogP contribution in [0.5, 0.6) is 5.75 Å². The summed E-state index contributed by atoms with van der Waals surface area (Å²) in [5, 5.41) is 12.9. The first-order chi connectivity index (χ1) is 8.58. The number of aromatic carboxylic acids is 1. The van der Waals surface area contributed by atoms with Crippen molar-refractivity contribution in [2.24, 2.45) is 0 Å². The van der Waals surface area contributed by atoms with Gasteiger partial charge >= 0.3 is 5.97 Å². The highest BCUT2D eigenvalue weighted by molar-refractivity contribution is 6.36. The van der Waals surface area contributed by atoms with E-state index in [1.807, 2.05) is 0 Å². The molecule has 8 heteroatoms. The van der Waals surface area contributed by atoms with Crippen molar-refractivity contribution in [3.63, 3.8) is 0 Å². The van der Waals surface area contributed by atoms with Crippen molar-refractivity contribution in [2.45, 2.75) is 6.61 Å². The molecule has 0 spiro atoms. The first-order valence-corrected chi connectivity index (χ1v) is 5.44.